The molecule has 3 heterocycles. The first kappa shape index (κ1) is 18.8. The molecule has 0 saturated carbocycles. The van der Waals surface area contributed by atoms with Gasteiger partial charge in [-0.25, -0.2) is 0 Å². The van der Waals surface area contributed by atoms with Crippen molar-refractivity contribution in [2.45, 2.75) is 39.5 Å². The molecule has 140 valence electrons. The lowest BCUT2D eigenvalue weighted by Crippen LogP contribution is -2.43. The molecule has 0 aromatic carbocycles. The fourth-order valence-corrected chi connectivity index (χ4v) is 4.13. The first-order chi connectivity index (χ1) is 12.7. The number of carbonyl (C=O) groups is 1. The van der Waals surface area contributed by atoms with Crippen molar-refractivity contribution in [2.75, 3.05) is 31.1 Å². The predicted molar refractivity (Wildman–Crippen MR) is 107 cm³/mol. The third-order valence-electron chi connectivity index (χ3n) is 5.07. The molecule has 3 rings (SSSR count). The van der Waals surface area contributed by atoms with Gasteiger partial charge in [0.25, 0.3) is 0 Å². The second-order valence-electron chi connectivity index (χ2n) is 6.79. The van der Waals surface area contributed by atoms with Gasteiger partial charge in [-0.05, 0) is 49.8 Å². The van der Waals surface area contributed by atoms with Crippen LogP contribution in [0.5, 0.6) is 0 Å². The molecule has 0 unspecified atom stereocenters. The Balaban J connectivity index is 1.55. The number of rotatable bonds is 7. The highest BCUT2D eigenvalue weighted by Crippen LogP contribution is 2.26. The maximum Gasteiger partial charge on any atom is 0.225 e. The summed E-state index contributed by atoms with van der Waals surface area (Å²) in [7, 11) is 0. The van der Waals surface area contributed by atoms with Gasteiger partial charge in [-0.15, -0.1) is 21.5 Å². The van der Waals surface area contributed by atoms with Crippen LogP contribution in [0.25, 0.3) is 10.6 Å². The zero-order valence-electron chi connectivity index (χ0n) is 15.7. The van der Waals surface area contributed by atoms with E-state index in [0.29, 0.717) is 5.91 Å². The van der Waals surface area contributed by atoms with E-state index >= 15 is 0 Å². The molecule has 1 amide bonds. The van der Waals surface area contributed by atoms with Gasteiger partial charge in [-0.1, -0.05) is 19.4 Å². The molecular weight excluding hydrogens is 344 g/mol. The van der Waals surface area contributed by atoms with Crippen LogP contribution in [0, 0.1) is 5.92 Å². The Morgan fingerprint density at radius 1 is 1.23 bits per heavy atom. The molecule has 1 fully saturated rings. The number of unbranched alkanes of at least 4 members (excludes halogenated alkanes) is 1. The van der Waals surface area contributed by atoms with Crippen LogP contribution < -0.4 is 4.90 Å². The standard InChI is InChI=1S/C20H28N4OS/c1-3-5-12-23(4-2)20(25)16-10-13-24(14-11-16)19-9-8-17(21-22-19)18-7-6-15-26-18/h6-9,15-16H,3-5,10-14H2,1-2H3. The molecule has 6 heteroatoms. The second-order valence-corrected chi connectivity index (χ2v) is 7.73. The number of nitrogens with zero attached hydrogens (tertiary/aromatic N) is 4. The average Bonchev–Trinajstić information content (AvgIpc) is 3.23. The highest BCUT2D eigenvalue weighted by molar-refractivity contribution is 7.13. The third kappa shape index (κ3) is 4.41. The van der Waals surface area contributed by atoms with Crippen molar-refractivity contribution in [1.82, 2.24) is 15.1 Å². The minimum atomic E-state index is 0.154. The maximum absolute atomic E-state index is 12.7. The highest BCUT2D eigenvalue weighted by atomic mass is 32.1. The lowest BCUT2D eigenvalue weighted by Gasteiger charge is -2.34. The summed E-state index contributed by atoms with van der Waals surface area (Å²) in [6, 6.07) is 8.17. The molecule has 1 aliphatic rings. The molecule has 1 aliphatic heterocycles. The topological polar surface area (TPSA) is 49.3 Å². The number of thiophene rings is 1. The fraction of sp³-hybridized carbons (Fsp3) is 0.550. The highest BCUT2D eigenvalue weighted by Gasteiger charge is 2.28. The normalized spacial score (nSPS) is 15.2. The zero-order chi connectivity index (χ0) is 18.4. The van der Waals surface area contributed by atoms with Gasteiger partial charge in [-0.2, -0.15) is 0 Å². The van der Waals surface area contributed by atoms with E-state index in [0.717, 1.165) is 68.3 Å². The van der Waals surface area contributed by atoms with Gasteiger partial charge in [0.1, 0.15) is 5.69 Å². The van der Waals surface area contributed by atoms with Gasteiger partial charge in [-0.3, -0.25) is 4.79 Å². The number of aromatic nitrogens is 2. The van der Waals surface area contributed by atoms with Crippen LogP contribution in [-0.4, -0.2) is 47.2 Å². The lowest BCUT2D eigenvalue weighted by molar-refractivity contribution is -0.136. The van der Waals surface area contributed by atoms with Gasteiger partial charge in [0.05, 0.1) is 4.88 Å². The smallest absolute Gasteiger partial charge is 0.225 e. The minimum Gasteiger partial charge on any atom is -0.355 e. The quantitative estimate of drug-likeness (QED) is 0.735. The lowest BCUT2D eigenvalue weighted by atomic mass is 9.95. The van der Waals surface area contributed by atoms with Crippen molar-refractivity contribution in [3.05, 3.63) is 29.6 Å². The average molecular weight is 373 g/mol. The van der Waals surface area contributed by atoms with E-state index in [1.54, 1.807) is 11.3 Å². The number of piperidine rings is 1. The number of amides is 1. The molecule has 0 radical (unpaired) electrons. The first-order valence-electron chi connectivity index (χ1n) is 9.64. The van der Waals surface area contributed by atoms with Crippen LogP contribution >= 0.6 is 11.3 Å². The van der Waals surface area contributed by atoms with Crippen LogP contribution in [0.2, 0.25) is 0 Å². The second kappa shape index (κ2) is 9.12. The molecule has 5 nitrogen and oxygen atoms in total. The van der Waals surface area contributed by atoms with Crippen LogP contribution in [0.15, 0.2) is 29.6 Å². The molecule has 0 spiro atoms. The minimum absolute atomic E-state index is 0.154. The van der Waals surface area contributed by atoms with E-state index in [-0.39, 0.29) is 5.92 Å². The van der Waals surface area contributed by atoms with Crippen molar-refractivity contribution in [2.24, 2.45) is 5.92 Å². The molecule has 26 heavy (non-hydrogen) atoms. The van der Waals surface area contributed by atoms with Gasteiger partial charge >= 0.3 is 0 Å². The van der Waals surface area contributed by atoms with Crippen molar-refractivity contribution in [3.63, 3.8) is 0 Å². The maximum atomic E-state index is 12.7. The summed E-state index contributed by atoms with van der Waals surface area (Å²) < 4.78 is 0. The SMILES string of the molecule is CCCCN(CC)C(=O)C1CCN(c2ccc(-c3cccs3)nn2)CC1. The molecule has 2 aromatic heterocycles. The van der Waals surface area contributed by atoms with Crippen molar-refractivity contribution in [3.8, 4) is 10.6 Å². The molecule has 0 aliphatic carbocycles. The molecule has 0 bridgehead atoms. The summed E-state index contributed by atoms with van der Waals surface area (Å²) in [6.07, 6.45) is 4.01. The predicted octanol–water partition coefficient (Wildman–Crippen LogP) is 4.07. The molecule has 0 N–H and O–H groups in total. The van der Waals surface area contributed by atoms with Crippen LogP contribution in [-0.2, 0) is 4.79 Å². The zero-order valence-corrected chi connectivity index (χ0v) is 16.5. The van der Waals surface area contributed by atoms with Crippen LogP contribution in [0.3, 0.4) is 0 Å². The number of anilines is 1. The summed E-state index contributed by atoms with van der Waals surface area (Å²) in [5, 5.41) is 10.8. The Kier molecular flexibility index (Phi) is 6.61. The molecule has 0 atom stereocenters. The largest absolute Gasteiger partial charge is 0.355 e. The first-order valence-corrected chi connectivity index (χ1v) is 10.5. The Morgan fingerprint density at radius 3 is 2.62 bits per heavy atom. The number of carbonyl (C=O) groups excluding carboxylic acids is 1. The Morgan fingerprint density at radius 2 is 2.04 bits per heavy atom. The van der Waals surface area contributed by atoms with E-state index in [1.807, 2.05) is 28.5 Å². The molecular formula is C20H28N4OS. The fourth-order valence-electron chi connectivity index (χ4n) is 3.44. The van der Waals surface area contributed by atoms with E-state index in [9.17, 15) is 4.79 Å². The Bertz CT molecular complexity index is 678. The number of hydrogen-bond acceptors (Lipinski definition) is 5. The molecule has 2 aromatic rings. The van der Waals surface area contributed by atoms with Crippen molar-refractivity contribution >= 4 is 23.1 Å². The Hall–Kier alpha value is -1.95. The summed E-state index contributed by atoms with van der Waals surface area (Å²) >= 11 is 1.67. The Labute approximate surface area is 160 Å². The molecule has 1 saturated heterocycles. The van der Waals surface area contributed by atoms with Gasteiger partial charge in [0.2, 0.25) is 5.91 Å². The van der Waals surface area contributed by atoms with Crippen LogP contribution in [0.4, 0.5) is 5.82 Å². The van der Waals surface area contributed by atoms with Crippen molar-refractivity contribution in [1.29, 1.82) is 0 Å². The van der Waals surface area contributed by atoms with Crippen molar-refractivity contribution < 1.29 is 4.79 Å². The summed E-state index contributed by atoms with van der Waals surface area (Å²) in [5.41, 5.74) is 0.920. The van der Waals surface area contributed by atoms with E-state index in [2.05, 4.69) is 35.0 Å². The van der Waals surface area contributed by atoms with E-state index in [4.69, 9.17) is 0 Å². The van der Waals surface area contributed by atoms with Gasteiger partial charge in [0.15, 0.2) is 5.82 Å². The van der Waals surface area contributed by atoms with Gasteiger partial charge < -0.3 is 9.80 Å². The van der Waals surface area contributed by atoms with Gasteiger partial charge in [0, 0.05) is 32.1 Å². The van der Waals surface area contributed by atoms with E-state index in [1.165, 1.54) is 0 Å². The third-order valence-corrected chi connectivity index (χ3v) is 5.96. The summed E-state index contributed by atoms with van der Waals surface area (Å²) in [4.78, 5) is 18.1. The van der Waals surface area contributed by atoms with Crippen LogP contribution in [0.1, 0.15) is 39.5 Å². The number of hydrogen-bond donors (Lipinski definition) is 0. The van der Waals surface area contributed by atoms with E-state index < -0.39 is 0 Å². The summed E-state index contributed by atoms with van der Waals surface area (Å²) in [5.74, 6) is 1.40. The monoisotopic (exact) mass is 372 g/mol. The summed E-state index contributed by atoms with van der Waals surface area (Å²) in [6.45, 7) is 7.69.